The van der Waals surface area contributed by atoms with Crippen molar-refractivity contribution in [3.63, 3.8) is 0 Å². The Hall–Kier alpha value is -1.50. The number of carbonyl (C=O) groups excluding carboxylic acids is 2. The zero-order valence-electron chi connectivity index (χ0n) is 33.4. The van der Waals surface area contributed by atoms with Crippen molar-refractivity contribution in [1.82, 2.24) is 0 Å². The van der Waals surface area contributed by atoms with E-state index in [2.05, 4.69) is 13.8 Å². The first kappa shape index (κ1) is 49.6. The molecule has 0 bridgehead atoms. The number of ether oxygens (including phenoxy) is 6. The van der Waals surface area contributed by atoms with Crippen molar-refractivity contribution in [2.45, 2.75) is 216 Å². The zero-order chi connectivity index (χ0) is 40.4. The van der Waals surface area contributed by atoms with Gasteiger partial charge in [-0.3, -0.25) is 9.59 Å². The number of rotatable bonds is 31. The summed E-state index contributed by atoms with van der Waals surface area (Å²) in [5.74, 6) is -0.939. The molecular formula is C40H74O15. The Bertz CT molecular complexity index is 986. The fourth-order valence-corrected chi connectivity index (χ4v) is 6.74. The third-order valence-electron chi connectivity index (χ3n) is 10.3. The summed E-state index contributed by atoms with van der Waals surface area (Å²) >= 11 is 0. The van der Waals surface area contributed by atoms with Gasteiger partial charge in [0.25, 0.3) is 0 Å². The van der Waals surface area contributed by atoms with E-state index in [9.17, 15) is 45.3 Å². The lowest BCUT2D eigenvalue weighted by molar-refractivity contribution is -0.332. The largest absolute Gasteiger partial charge is 0.462 e. The maximum absolute atomic E-state index is 12.8. The van der Waals surface area contributed by atoms with Gasteiger partial charge in [-0.2, -0.15) is 0 Å². The highest BCUT2D eigenvalue weighted by molar-refractivity contribution is 5.70. The highest BCUT2D eigenvalue weighted by atomic mass is 16.7. The van der Waals surface area contributed by atoms with Gasteiger partial charge < -0.3 is 64.2 Å². The minimum Gasteiger partial charge on any atom is -0.462 e. The normalized spacial score (nSPS) is 28.9. The summed E-state index contributed by atoms with van der Waals surface area (Å²) in [5.41, 5.74) is 0. The second-order valence-corrected chi connectivity index (χ2v) is 15.2. The molecule has 55 heavy (non-hydrogen) atoms. The van der Waals surface area contributed by atoms with Crippen LogP contribution in [-0.2, 0) is 38.0 Å². The molecule has 15 heteroatoms. The minimum absolute atomic E-state index is 0.171. The van der Waals surface area contributed by atoms with Crippen LogP contribution in [0.3, 0.4) is 0 Å². The van der Waals surface area contributed by atoms with E-state index in [-0.39, 0.29) is 26.1 Å². The smallest absolute Gasteiger partial charge is 0.306 e. The van der Waals surface area contributed by atoms with E-state index in [0.29, 0.717) is 12.8 Å². The molecule has 2 aliphatic heterocycles. The maximum Gasteiger partial charge on any atom is 0.306 e. The quantitative estimate of drug-likeness (QED) is 0.0394. The first-order chi connectivity index (χ1) is 26.5. The monoisotopic (exact) mass is 795 g/mol. The second-order valence-electron chi connectivity index (χ2n) is 15.2. The van der Waals surface area contributed by atoms with Gasteiger partial charge in [-0.15, -0.1) is 0 Å². The minimum atomic E-state index is -1.76. The van der Waals surface area contributed by atoms with Crippen LogP contribution in [0.25, 0.3) is 0 Å². The molecule has 11 unspecified atom stereocenters. The van der Waals surface area contributed by atoms with Crippen molar-refractivity contribution in [1.29, 1.82) is 0 Å². The predicted octanol–water partition coefficient (Wildman–Crippen LogP) is 3.31. The van der Waals surface area contributed by atoms with Crippen molar-refractivity contribution >= 4 is 11.9 Å². The Balaban J connectivity index is 1.81. The van der Waals surface area contributed by atoms with Crippen LogP contribution in [0, 0.1) is 0 Å². The van der Waals surface area contributed by atoms with E-state index >= 15 is 0 Å². The Kier molecular flexibility index (Phi) is 26.8. The molecule has 0 aromatic heterocycles. The van der Waals surface area contributed by atoms with Gasteiger partial charge in [-0.1, -0.05) is 123 Å². The summed E-state index contributed by atoms with van der Waals surface area (Å²) < 4.78 is 33.2. The number of esters is 2. The molecule has 0 aromatic rings. The van der Waals surface area contributed by atoms with E-state index < -0.39 is 92.7 Å². The van der Waals surface area contributed by atoms with E-state index in [4.69, 9.17) is 28.4 Å². The van der Waals surface area contributed by atoms with Gasteiger partial charge in [0.15, 0.2) is 18.7 Å². The Morgan fingerprint density at radius 2 is 0.927 bits per heavy atom. The number of hydrogen-bond donors (Lipinski definition) is 7. The van der Waals surface area contributed by atoms with Crippen molar-refractivity contribution in [3.05, 3.63) is 0 Å². The molecule has 11 atom stereocenters. The van der Waals surface area contributed by atoms with Crippen LogP contribution < -0.4 is 0 Å². The maximum atomic E-state index is 12.8. The lowest BCUT2D eigenvalue weighted by atomic mass is 9.98. The van der Waals surface area contributed by atoms with Crippen LogP contribution >= 0.6 is 0 Å². The van der Waals surface area contributed by atoms with E-state index in [0.717, 1.165) is 38.5 Å². The summed E-state index contributed by atoms with van der Waals surface area (Å²) in [6.45, 7) is 2.44. The third kappa shape index (κ3) is 19.7. The average Bonchev–Trinajstić information content (AvgIpc) is 3.18. The SMILES string of the molecule is CCCCCCCCCCCCCCCCCC(=O)OC(COC(=O)CCCCCC)COC1OC(COC2OC(CO)C(O)C(O)C2O)C(O)C(O)C1O. The van der Waals surface area contributed by atoms with Crippen LogP contribution in [0.5, 0.6) is 0 Å². The summed E-state index contributed by atoms with van der Waals surface area (Å²) in [4.78, 5) is 25.2. The number of aliphatic hydroxyl groups excluding tert-OH is 7. The molecule has 15 nitrogen and oxygen atoms in total. The lowest BCUT2D eigenvalue weighted by Crippen LogP contribution is -2.61. The fraction of sp³-hybridized carbons (Fsp3) is 0.950. The van der Waals surface area contributed by atoms with Crippen molar-refractivity contribution in [2.24, 2.45) is 0 Å². The molecule has 0 spiro atoms. The molecule has 2 saturated heterocycles. The standard InChI is InChI=1S/C40H74O15/c1-3-5-7-9-10-11-12-13-14-15-16-17-18-19-21-23-32(43)53-28(25-50-31(42)22-20-8-6-4-2)26-51-39-38(49)36(47)34(45)30(55-39)27-52-40-37(48)35(46)33(44)29(24-41)54-40/h28-30,33-41,44-49H,3-27H2,1-2H3. The number of carbonyl (C=O) groups is 2. The molecule has 0 aliphatic carbocycles. The van der Waals surface area contributed by atoms with E-state index in [1.54, 1.807) is 0 Å². The fourth-order valence-electron chi connectivity index (χ4n) is 6.74. The molecule has 0 saturated carbocycles. The number of aliphatic hydroxyl groups is 7. The number of hydrogen-bond acceptors (Lipinski definition) is 15. The molecule has 7 N–H and O–H groups in total. The molecule has 0 amide bonds. The van der Waals surface area contributed by atoms with Gasteiger partial charge >= 0.3 is 11.9 Å². The van der Waals surface area contributed by atoms with Crippen LogP contribution in [0.4, 0.5) is 0 Å². The Morgan fingerprint density at radius 1 is 0.509 bits per heavy atom. The van der Waals surface area contributed by atoms with E-state index in [1.165, 1.54) is 70.6 Å². The Morgan fingerprint density at radius 3 is 1.44 bits per heavy atom. The summed E-state index contributed by atoms with van der Waals surface area (Å²) in [6, 6.07) is 0. The molecule has 2 fully saturated rings. The first-order valence-electron chi connectivity index (χ1n) is 21.1. The summed E-state index contributed by atoms with van der Waals surface area (Å²) in [6.07, 6.45) is 5.15. The predicted molar refractivity (Wildman–Crippen MR) is 201 cm³/mol. The van der Waals surface area contributed by atoms with Gasteiger partial charge in [0.1, 0.15) is 55.4 Å². The summed E-state index contributed by atoms with van der Waals surface area (Å²) in [7, 11) is 0. The van der Waals surface area contributed by atoms with Crippen molar-refractivity contribution in [3.8, 4) is 0 Å². The third-order valence-corrected chi connectivity index (χ3v) is 10.3. The van der Waals surface area contributed by atoms with Crippen molar-refractivity contribution < 1.29 is 73.8 Å². The topological polar surface area (TPSA) is 231 Å². The van der Waals surface area contributed by atoms with Crippen LogP contribution in [0.15, 0.2) is 0 Å². The molecule has 0 radical (unpaired) electrons. The molecular weight excluding hydrogens is 720 g/mol. The molecule has 2 heterocycles. The van der Waals surface area contributed by atoms with Gasteiger partial charge in [0, 0.05) is 12.8 Å². The average molecular weight is 795 g/mol. The van der Waals surface area contributed by atoms with Crippen LogP contribution in [0.2, 0.25) is 0 Å². The second kappa shape index (κ2) is 29.7. The van der Waals surface area contributed by atoms with Crippen LogP contribution in [0.1, 0.15) is 149 Å². The highest BCUT2D eigenvalue weighted by Crippen LogP contribution is 2.26. The zero-order valence-corrected chi connectivity index (χ0v) is 33.4. The first-order valence-corrected chi connectivity index (χ1v) is 21.1. The van der Waals surface area contributed by atoms with Gasteiger partial charge in [-0.25, -0.2) is 0 Å². The molecule has 2 aliphatic rings. The van der Waals surface area contributed by atoms with Gasteiger partial charge in [-0.05, 0) is 12.8 Å². The van der Waals surface area contributed by atoms with Crippen LogP contribution in [-0.4, -0.2) is 142 Å². The van der Waals surface area contributed by atoms with Gasteiger partial charge in [0.2, 0.25) is 0 Å². The molecule has 2 rings (SSSR count). The Labute approximate surface area is 328 Å². The van der Waals surface area contributed by atoms with E-state index in [1.807, 2.05) is 0 Å². The van der Waals surface area contributed by atoms with Crippen molar-refractivity contribution in [2.75, 3.05) is 26.4 Å². The van der Waals surface area contributed by atoms with Gasteiger partial charge in [0.05, 0.1) is 19.8 Å². The lowest BCUT2D eigenvalue weighted by Gasteiger charge is -2.42. The summed E-state index contributed by atoms with van der Waals surface area (Å²) in [5, 5.41) is 71.5. The molecule has 324 valence electrons. The number of unbranched alkanes of at least 4 members (excludes halogenated alkanes) is 17. The molecule has 0 aromatic carbocycles. The highest BCUT2D eigenvalue weighted by Gasteiger charge is 2.47.